The molecule has 0 aromatic heterocycles. The number of hydrogen-bond donors (Lipinski definition) is 3. The average Bonchev–Trinajstić information content (AvgIpc) is 3.58. The number of primary amides is 1. The summed E-state index contributed by atoms with van der Waals surface area (Å²) in [4.78, 5) is 53.3. The normalized spacial score (nSPS) is 15.8. The number of nitrogens with one attached hydrogen (secondary N) is 2. The summed E-state index contributed by atoms with van der Waals surface area (Å²) in [7, 11) is 0. The highest BCUT2D eigenvalue weighted by atomic mass is 16.6. The molecule has 2 rings (SSSR count). The van der Waals surface area contributed by atoms with E-state index in [-0.39, 0.29) is 30.8 Å². The van der Waals surface area contributed by atoms with Crippen LogP contribution in [0.1, 0.15) is 90.3 Å². The van der Waals surface area contributed by atoms with Gasteiger partial charge in [0, 0.05) is 18.5 Å². The highest BCUT2D eigenvalue weighted by Gasteiger charge is 2.44. The topological polar surface area (TPSA) is 131 Å². The van der Waals surface area contributed by atoms with Crippen LogP contribution >= 0.6 is 0 Å². The number of rotatable bonds is 12. The number of aryl methyl sites for hydroxylation is 1. The Bertz CT molecular complexity index is 938. The first-order valence-electron chi connectivity index (χ1n) is 12.8. The molecule has 9 nitrogen and oxygen atoms in total. The van der Waals surface area contributed by atoms with E-state index in [1.54, 1.807) is 25.7 Å². The van der Waals surface area contributed by atoms with Gasteiger partial charge in [-0.2, -0.15) is 0 Å². The van der Waals surface area contributed by atoms with E-state index in [0.717, 1.165) is 31.2 Å². The zero-order valence-corrected chi connectivity index (χ0v) is 22.4. The van der Waals surface area contributed by atoms with E-state index in [2.05, 4.69) is 10.6 Å². The first-order chi connectivity index (χ1) is 16.8. The van der Waals surface area contributed by atoms with Gasteiger partial charge in [-0.25, -0.2) is 4.79 Å². The Morgan fingerprint density at radius 1 is 1.14 bits per heavy atom. The highest BCUT2D eigenvalue weighted by molar-refractivity contribution is 5.93. The molecule has 0 bridgehead atoms. The smallest absolute Gasteiger partial charge is 0.408 e. The second-order valence-corrected chi connectivity index (χ2v) is 10.7. The fourth-order valence-corrected chi connectivity index (χ4v) is 4.15. The maximum absolute atomic E-state index is 14.0. The fourth-order valence-electron chi connectivity index (χ4n) is 4.15. The molecule has 1 aliphatic rings. The van der Waals surface area contributed by atoms with Crippen LogP contribution in [-0.4, -0.2) is 52.4 Å². The summed E-state index contributed by atoms with van der Waals surface area (Å²) in [6, 6.07) is 5.38. The number of amides is 4. The Morgan fingerprint density at radius 3 is 2.33 bits per heavy atom. The zero-order valence-electron chi connectivity index (χ0n) is 22.4. The molecule has 1 aliphatic carbocycles. The quantitative estimate of drug-likeness (QED) is 0.403. The summed E-state index contributed by atoms with van der Waals surface area (Å²) in [5.41, 5.74) is 6.24. The lowest BCUT2D eigenvalue weighted by Crippen LogP contribution is -2.54. The number of carbonyl (C=O) groups excluding carboxylic acids is 4. The van der Waals surface area contributed by atoms with Crippen molar-refractivity contribution < 1.29 is 23.9 Å². The minimum Gasteiger partial charge on any atom is -0.444 e. The molecular formula is C27H42N4O5. The molecule has 9 heteroatoms. The minimum absolute atomic E-state index is 0.00498. The van der Waals surface area contributed by atoms with Crippen LogP contribution in [0, 0.1) is 6.92 Å². The van der Waals surface area contributed by atoms with Crippen LogP contribution < -0.4 is 16.4 Å². The monoisotopic (exact) mass is 502 g/mol. The lowest BCUT2D eigenvalue weighted by atomic mass is 9.99. The Balaban J connectivity index is 2.44. The molecule has 0 spiro atoms. The maximum atomic E-state index is 14.0. The average molecular weight is 503 g/mol. The second kappa shape index (κ2) is 12.7. The van der Waals surface area contributed by atoms with E-state index in [9.17, 15) is 19.2 Å². The van der Waals surface area contributed by atoms with Crippen molar-refractivity contribution in [3.05, 3.63) is 35.4 Å². The Labute approximate surface area is 214 Å². The van der Waals surface area contributed by atoms with Gasteiger partial charge >= 0.3 is 6.09 Å². The van der Waals surface area contributed by atoms with Crippen LogP contribution in [0.15, 0.2) is 24.3 Å². The molecule has 1 fully saturated rings. The number of nitrogens with zero attached hydrogens (tertiary/aromatic N) is 1. The van der Waals surface area contributed by atoms with Gasteiger partial charge in [0.15, 0.2) is 0 Å². The van der Waals surface area contributed by atoms with Crippen molar-refractivity contribution in [3.63, 3.8) is 0 Å². The fraction of sp³-hybridized carbons (Fsp3) is 0.630. The standard InChI is InChI=1S/C27H42N4O5/c1-7-9-18(3)29-24(33)23(19-11-8-10-17(2)16-19)31(20-12-13-20)25(34)21(14-15-22(28)32)30-26(35)36-27(4,5)6/h8,10-11,16,18,20-21,23H,7,9,12-15H2,1-6H3,(H2,28,32)(H,29,33)(H,30,35). The summed E-state index contributed by atoms with van der Waals surface area (Å²) in [6.45, 7) is 11.1. The molecule has 3 atom stereocenters. The van der Waals surface area contributed by atoms with E-state index >= 15 is 0 Å². The van der Waals surface area contributed by atoms with Crippen molar-refractivity contribution in [2.75, 3.05) is 0 Å². The number of benzene rings is 1. The van der Waals surface area contributed by atoms with Gasteiger partial charge in [0.25, 0.3) is 0 Å². The van der Waals surface area contributed by atoms with E-state index in [0.29, 0.717) is 5.56 Å². The van der Waals surface area contributed by atoms with Crippen molar-refractivity contribution in [2.45, 2.75) is 110 Å². The summed E-state index contributed by atoms with van der Waals surface area (Å²) in [6.07, 6.45) is 2.36. The molecule has 200 valence electrons. The molecule has 1 saturated carbocycles. The largest absolute Gasteiger partial charge is 0.444 e. The van der Waals surface area contributed by atoms with Crippen molar-refractivity contribution in [1.29, 1.82) is 0 Å². The first-order valence-corrected chi connectivity index (χ1v) is 12.8. The van der Waals surface area contributed by atoms with Gasteiger partial charge in [-0.3, -0.25) is 14.4 Å². The van der Waals surface area contributed by atoms with Crippen LogP contribution in [0.25, 0.3) is 0 Å². The third-order valence-corrected chi connectivity index (χ3v) is 5.86. The van der Waals surface area contributed by atoms with Crippen LogP contribution in [0.4, 0.5) is 4.79 Å². The predicted octanol–water partition coefficient (Wildman–Crippen LogP) is 3.49. The Hall–Kier alpha value is -3.10. The van der Waals surface area contributed by atoms with Crippen molar-refractivity contribution in [1.82, 2.24) is 15.5 Å². The Morgan fingerprint density at radius 2 is 1.81 bits per heavy atom. The number of hydrogen-bond acceptors (Lipinski definition) is 5. The van der Waals surface area contributed by atoms with Gasteiger partial charge in [0.1, 0.15) is 17.7 Å². The number of alkyl carbamates (subject to hydrolysis) is 1. The zero-order chi connectivity index (χ0) is 27.0. The summed E-state index contributed by atoms with van der Waals surface area (Å²) in [5, 5.41) is 5.68. The van der Waals surface area contributed by atoms with Crippen LogP contribution in [-0.2, 0) is 19.1 Å². The lowest BCUT2D eigenvalue weighted by molar-refractivity contribution is -0.143. The van der Waals surface area contributed by atoms with Crippen LogP contribution in [0.5, 0.6) is 0 Å². The van der Waals surface area contributed by atoms with Crippen LogP contribution in [0.2, 0.25) is 0 Å². The van der Waals surface area contributed by atoms with Gasteiger partial charge in [0.05, 0.1) is 0 Å². The SMILES string of the molecule is CCCC(C)NC(=O)C(c1cccc(C)c1)N(C(=O)C(CCC(N)=O)NC(=O)OC(C)(C)C)C1CC1. The minimum atomic E-state index is -1.07. The molecule has 0 aliphatic heterocycles. The molecule has 4 N–H and O–H groups in total. The Kier molecular flexibility index (Phi) is 10.3. The van der Waals surface area contributed by atoms with Gasteiger partial charge < -0.3 is 26.0 Å². The molecule has 0 saturated heterocycles. The number of nitrogens with two attached hydrogens (primary N) is 1. The first kappa shape index (κ1) is 29.1. The predicted molar refractivity (Wildman–Crippen MR) is 138 cm³/mol. The number of ether oxygens (including phenoxy) is 1. The third-order valence-electron chi connectivity index (χ3n) is 5.86. The van der Waals surface area contributed by atoms with Crippen molar-refractivity contribution >= 4 is 23.8 Å². The van der Waals surface area contributed by atoms with E-state index in [4.69, 9.17) is 10.5 Å². The summed E-state index contributed by atoms with van der Waals surface area (Å²) >= 11 is 0. The summed E-state index contributed by atoms with van der Waals surface area (Å²) < 4.78 is 5.35. The number of carbonyl (C=O) groups is 4. The van der Waals surface area contributed by atoms with Gasteiger partial charge in [-0.1, -0.05) is 43.2 Å². The lowest BCUT2D eigenvalue weighted by Gasteiger charge is -2.35. The van der Waals surface area contributed by atoms with Gasteiger partial charge in [0.2, 0.25) is 17.7 Å². The highest BCUT2D eigenvalue weighted by Crippen LogP contribution is 2.36. The van der Waals surface area contributed by atoms with E-state index in [1.165, 1.54) is 0 Å². The maximum Gasteiger partial charge on any atom is 0.408 e. The van der Waals surface area contributed by atoms with E-state index in [1.807, 2.05) is 45.0 Å². The van der Waals surface area contributed by atoms with Gasteiger partial charge in [-0.05, 0) is 65.9 Å². The van der Waals surface area contributed by atoms with Gasteiger partial charge in [-0.15, -0.1) is 0 Å². The summed E-state index contributed by atoms with van der Waals surface area (Å²) in [5.74, 6) is -1.29. The third kappa shape index (κ3) is 9.17. The molecule has 1 aromatic carbocycles. The molecule has 0 heterocycles. The molecule has 36 heavy (non-hydrogen) atoms. The van der Waals surface area contributed by atoms with Crippen molar-refractivity contribution in [2.24, 2.45) is 5.73 Å². The molecular weight excluding hydrogens is 460 g/mol. The molecule has 3 unspecified atom stereocenters. The molecule has 1 aromatic rings. The second-order valence-electron chi connectivity index (χ2n) is 10.7. The van der Waals surface area contributed by atoms with Crippen molar-refractivity contribution in [3.8, 4) is 0 Å². The van der Waals surface area contributed by atoms with E-state index < -0.39 is 35.6 Å². The molecule has 0 radical (unpaired) electrons. The molecule has 4 amide bonds. The van der Waals surface area contributed by atoms with Crippen LogP contribution in [0.3, 0.4) is 0 Å².